The Morgan fingerprint density at radius 1 is 0.848 bits per heavy atom. The maximum atomic E-state index is 13.3. The quantitative estimate of drug-likeness (QED) is 0.453. The lowest BCUT2D eigenvalue weighted by Crippen LogP contribution is -2.30. The molecule has 0 fully saturated rings. The first-order chi connectivity index (χ1) is 15.9. The van der Waals surface area contributed by atoms with E-state index in [9.17, 15) is 23.1 Å². The van der Waals surface area contributed by atoms with Crippen LogP contribution in [-0.2, 0) is 27.6 Å². The van der Waals surface area contributed by atoms with Crippen molar-refractivity contribution >= 4 is 15.8 Å². The van der Waals surface area contributed by atoms with Crippen LogP contribution in [0.25, 0.3) is 11.3 Å². The number of sulfone groups is 1. The molecule has 0 spiro atoms. The smallest absolute Gasteiger partial charge is 0.325 e. The number of carboxylic acids is 1. The van der Waals surface area contributed by atoms with Crippen molar-refractivity contribution in [1.29, 1.82) is 0 Å². The van der Waals surface area contributed by atoms with Crippen molar-refractivity contribution in [2.45, 2.75) is 22.8 Å². The summed E-state index contributed by atoms with van der Waals surface area (Å²) in [6, 6.07) is 25.2. The summed E-state index contributed by atoms with van der Waals surface area (Å²) >= 11 is 0. The zero-order valence-electron chi connectivity index (χ0n) is 17.5. The number of carboxylic acid groups (broad SMARTS) is 1. The normalized spacial score (nSPS) is 11.3. The summed E-state index contributed by atoms with van der Waals surface area (Å²) in [6.45, 7) is -0.601. The highest BCUT2D eigenvalue weighted by Crippen LogP contribution is 2.26. The van der Waals surface area contributed by atoms with E-state index in [0.29, 0.717) is 16.8 Å². The predicted molar refractivity (Wildman–Crippen MR) is 123 cm³/mol. The van der Waals surface area contributed by atoms with Crippen LogP contribution in [0.3, 0.4) is 0 Å². The third-order valence-electron chi connectivity index (χ3n) is 5.10. The zero-order chi connectivity index (χ0) is 23.4. The van der Waals surface area contributed by atoms with Gasteiger partial charge < -0.3 is 5.11 Å². The van der Waals surface area contributed by atoms with Gasteiger partial charge in [-0.15, -0.1) is 0 Å². The van der Waals surface area contributed by atoms with E-state index < -0.39 is 27.9 Å². The minimum atomic E-state index is -3.81. The second-order valence-corrected chi connectivity index (χ2v) is 9.30. The fourth-order valence-electron chi connectivity index (χ4n) is 3.55. The Bertz CT molecular complexity index is 1460. The minimum Gasteiger partial charge on any atom is -0.480 e. The number of aliphatic carboxylic acids is 1. The largest absolute Gasteiger partial charge is 0.480 e. The Hall–Kier alpha value is -4.04. The van der Waals surface area contributed by atoms with E-state index in [4.69, 9.17) is 0 Å². The van der Waals surface area contributed by atoms with Gasteiger partial charge in [-0.2, -0.15) is 5.10 Å². The summed E-state index contributed by atoms with van der Waals surface area (Å²) in [7, 11) is -3.81. The van der Waals surface area contributed by atoms with Crippen molar-refractivity contribution in [3.05, 3.63) is 112 Å². The molecule has 0 atom stereocenters. The number of hydrogen-bond acceptors (Lipinski definition) is 5. The van der Waals surface area contributed by atoms with Crippen LogP contribution >= 0.6 is 0 Å². The summed E-state index contributed by atoms with van der Waals surface area (Å²) in [4.78, 5) is 24.6. The highest BCUT2D eigenvalue weighted by atomic mass is 32.2. The van der Waals surface area contributed by atoms with Crippen LogP contribution in [0.5, 0.6) is 0 Å². The van der Waals surface area contributed by atoms with Crippen LogP contribution in [0.2, 0.25) is 0 Å². The van der Waals surface area contributed by atoms with Gasteiger partial charge in [-0.1, -0.05) is 66.7 Å². The molecule has 33 heavy (non-hydrogen) atoms. The second kappa shape index (κ2) is 9.22. The molecule has 0 bridgehead atoms. The lowest BCUT2D eigenvalue weighted by molar-refractivity contribution is -0.138. The molecule has 0 aliphatic rings. The average Bonchev–Trinajstić information content (AvgIpc) is 2.82. The first-order valence-electron chi connectivity index (χ1n) is 10.1. The molecule has 3 aromatic carbocycles. The molecule has 1 heterocycles. The topological polar surface area (TPSA) is 106 Å². The van der Waals surface area contributed by atoms with Gasteiger partial charge in [0.15, 0.2) is 0 Å². The molecule has 0 aliphatic heterocycles. The maximum Gasteiger partial charge on any atom is 0.325 e. The molecule has 0 radical (unpaired) electrons. The number of carbonyl (C=O) groups is 1. The number of aromatic nitrogens is 2. The molecule has 0 amide bonds. The Balaban J connectivity index is 1.84. The molecule has 8 heteroatoms. The van der Waals surface area contributed by atoms with Crippen molar-refractivity contribution in [3.8, 4) is 11.3 Å². The van der Waals surface area contributed by atoms with Crippen LogP contribution < -0.4 is 5.56 Å². The van der Waals surface area contributed by atoms with Crippen LogP contribution in [0.15, 0.2) is 106 Å². The Kier molecular flexibility index (Phi) is 6.19. The van der Waals surface area contributed by atoms with E-state index in [2.05, 4.69) is 5.10 Å². The van der Waals surface area contributed by atoms with Gasteiger partial charge >= 0.3 is 5.97 Å². The molecule has 0 aliphatic carbocycles. The van der Waals surface area contributed by atoms with Crippen LogP contribution in [0.4, 0.5) is 0 Å². The molecule has 7 nitrogen and oxygen atoms in total. The maximum absolute atomic E-state index is 13.3. The van der Waals surface area contributed by atoms with Gasteiger partial charge in [-0.3, -0.25) is 9.59 Å². The van der Waals surface area contributed by atoms with Gasteiger partial charge in [0.05, 0.1) is 15.5 Å². The SMILES string of the molecule is O=C(O)Cn1nc(-c2ccccc2)cc(Cc2ccccc2S(=O)(=O)c2ccccc2)c1=O. The third kappa shape index (κ3) is 4.75. The molecular formula is C25H20N2O5S. The van der Waals surface area contributed by atoms with Crippen LogP contribution in [-0.4, -0.2) is 29.3 Å². The molecule has 0 unspecified atom stereocenters. The van der Waals surface area contributed by atoms with Crippen molar-refractivity contribution < 1.29 is 18.3 Å². The van der Waals surface area contributed by atoms with E-state index in [-0.39, 0.29) is 21.8 Å². The Morgan fingerprint density at radius 2 is 1.45 bits per heavy atom. The second-order valence-electron chi connectivity index (χ2n) is 7.38. The highest BCUT2D eigenvalue weighted by Gasteiger charge is 2.22. The van der Waals surface area contributed by atoms with Gasteiger partial charge in [-0.25, -0.2) is 13.1 Å². The van der Waals surface area contributed by atoms with E-state index in [0.717, 1.165) is 4.68 Å². The molecule has 0 saturated heterocycles. The summed E-state index contributed by atoms with van der Waals surface area (Å²) < 4.78 is 27.4. The molecule has 4 rings (SSSR count). The van der Waals surface area contributed by atoms with E-state index in [1.54, 1.807) is 54.6 Å². The predicted octanol–water partition coefficient (Wildman–Crippen LogP) is 3.42. The first-order valence-corrected chi connectivity index (χ1v) is 11.6. The Labute approximate surface area is 190 Å². The number of rotatable bonds is 7. The van der Waals surface area contributed by atoms with Gasteiger partial charge in [-0.05, 0) is 29.8 Å². The lowest BCUT2D eigenvalue weighted by atomic mass is 10.0. The lowest BCUT2D eigenvalue weighted by Gasteiger charge is -2.13. The van der Waals surface area contributed by atoms with Crippen molar-refractivity contribution in [3.63, 3.8) is 0 Å². The van der Waals surface area contributed by atoms with Crippen LogP contribution in [0.1, 0.15) is 11.1 Å². The van der Waals surface area contributed by atoms with Crippen molar-refractivity contribution in [1.82, 2.24) is 9.78 Å². The molecule has 166 valence electrons. The molecular weight excluding hydrogens is 440 g/mol. The standard InChI is InChI=1S/C25H20N2O5S/c28-24(29)17-27-25(30)20(16-22(26-27)18-9-3-1-4-10-18)15-19-11-7-8-14-23(19)33(31,32)21-12-5-2-6-13-21/h1-14,16H,15,17H2,(H,28,29). The summed E-state index contributed by atoms with van der Waals surface area (Å²) in [6.07, 6.45) is 0.00302. The molecule has 1 aromatic heterocycles. The van der Waals surface area contributed by atoms with Gasteiger partial charge in [0.25, 0.3) is 5.56 Å². The van der Waals surface area contributed by atoms with Crippen molar-refractivity contribution in [2.24, 2.45) is 0 Å². The number of benzene rings is 3. The number of hydrogen-bond donors (Lipinski definition) is 1. The minimum absolute atomic E-state index is 0.00302. The monoisotopic (exact) mass is 460 g/mol. The molecule has 0 saturated carbocycles. The van der Waals surface area contributed by atoms with Crippen molar-refractivity contribution in [2.75, 3.05) is 0 Å². The van der Waals surface area contributed by atoms with E-state index in [1.807, 2.05) is 18.2 Å². The number of nitrogens with zero attached hydrogens (tertiary/aromatic N) is 2. The summed E-state index contributed by atoms with van der Waals surface area (Å²) in [5, 5.41) is 13.4. The van der Waals surface area contributed by atoms with Gasteiger partial charge in [0.1, 0.15) is 6.54 Å². The fourth-order valence-corrected chi connectivity index (χ4v) is 5.07. The first kappa shape index (κ1) is 22.2. The van der Waals surface area contributed by atoms with Gasteiger partial charge in [0.2, 0.25) is 9.84 Å². The summed E-state index contributed by atoms with van der Waals surface area (Å²) in [5.74, 6) is -1.20. The van der Waals surface area contributed by atoms with E-state index >= 15 is 0 Å². The highest BCUT2D eigenvalue weighted by molar-refractivity contribution is 7.91. The van der Waals surface area contributed by atoms with Crippen LogP contribution in [0, 0.1) is 0 Å². The zero-order valence-corrected chi connectivity index (χ0v) is 18.3. The molecule has 1 N–H and O–H groups in total. The fraction of sp³-hybridized carbons (Fsp3) is 0.0800. The van der Waals surface area contributed by atoms with Gasteiger partial charge in [0, 0.05) is 17.5 Å². The average molecular weight is 461 g/mol. The Morgan fingerprint density at radius 3 is 2.12 bits per heavy atom. The molecule has 4 aromatic rings. The summed E-state index contributed by atoms with van der Waals surface area (Å²) in [5.41, 5.74) is 1.24. The third-order valence-corrected chi connectivity index (χ3v) is 6.97. The van der Waals surface area contributed by atoms with E-state index in [1.165, 1.54) is 18.2 Å².